The lowest BCUT2D eigenvalue weighted by atomic mass is 10.0. The van der Waals surface area contributed by atoms with Gasteiger partial charge < -0.3 is 5.32 Å². The fourth-order valence-corrected chi connectivity index (χ4v) is 3.89. The Labute approximate surface area is 197 Å². The number of imide groups is 1. The zero-order valence-electron chi connectivity index (χ0n) is 18.4. The van der Waals surface area contributed by atoms with Crippen molar-refractivity contribution >= 4 is 34.7 Å². The molecule has 0 fully saturated rings. The molecule has 3 aromatic rings. The quantitative estimate of drug-likeness (QED) is 0.435. The average molecular weight is 463 g/mol. The first kappa shape index (κ1) is 22.7. The van der Waals surface area contributed by atoms with Crippen LogP contribution >= 0.6 is 11.6 Å². The van der Waals surface area contributed by atoms with Gasteiger partial charge in [0.25, 0.3) is 11.8 Å². The number of carbonyl (C=O) groups excluding carboxylic acids is 2. The van der Waals surface area contributed by atoms with Gasteiger partial charge in [-0.05, 0) is 65.4 Å². The van der Waals surface area contributed by atoms with Crippen LogP contribution in [0.5, 0.6) is 0 Å². The fourth-order valence-electron chi connectivity index (χ4n) is 3.77. The molecule has 4 rings (SSSR count). The normalized spacial score (nSPS) is 13.9. The number of nitrogens with one attached hydrogen (secondary N) is 1. The molecular weight excluding hydrogens is 439 g/mol. The predicted molar refractivity (Wildman–Crippen MR) is 129 cm³/mol. The molecule has 0 saturated heterocycles. The number of halogens is 2. The van der Waals surface area contributed by atoms with E-state index in [9.17, 15) is 14.0 Å². The minimum Gasteiger partial charge on any atom is -0.350 e. The van der Waals surface area contributed by atoms with Crippen molar-refractivity contribution in [2.75, 3.05) is 11.9 Å². The molecule has 3 aromatic carbocycles. The van der Waals surface area contributed by atoms with Gasteiger partial charge in [-0.1, -0.05) is 61.8 Å². The zero-order valence-corrected chi connectivity index (χ0v) is 19.2. The van der Waals surface area contributed by atoms with E-state index in [-0.39, 0.29) is 17.8 Å². The maximum absolute atomic E-state index is 13.5. The van der Waals surface area contributed by atoms with Gasteiger partial charge in [0.05, 0.1) is 5.57 Å². The molecule has 4 nitrogen and oxygen atoms in total. The molecule has 1 aliphatic heterocycles. The van der Waals surface area contributed by atoms with Crippen molar-refractivity contribution in [3.8, 4) is 0 Å². The van der Waals surface area contributed by atoms with E-state index in [0.29, 0.717) is 28.6 Å². The summed E-state index contributed by atoms with van der Waals surface area (Å²) in [5, 5.41) is 3.77. The highest BCUT2D eigenvalue weighted by Gasteiger charge is 2.39. The number of nitrogens with zero attached hydrogens (tertiary/aromatic N) is 1. The van der Waals surface area contributed by atoms with Crippen LogP contribution in [-0.2, 0) is 16.0 Å². The summed E-state index contributed by atoms with van der Waals surface area (Å²) in [4.78, 5) is 27.9. The Hall–Kier alpha value is -3.44. The van der Waals surface area contributed by atoms with Crippen molar-refractivity contribution in [2.24, 2.45) is 0 Å². The van der Waals surface area contributed by atoms with Crippen LogP contribution < -0.4 is 5.32 Å². The number of amides is 2. The van der Waals surface area contributed by atoms with Crippen LogP contribution in [0.15, 0.2) is 78.5 Å². The van der Waals surface area contributed by atoms with Crippen LogP contribution in [-0.4, -0.2) is 23.3 Å². The summed E-state index contributed by atoms with van der Waals surface area (Å²) in [5.74, 6) is -0.830. The molecule has 1 N–H and O–H groups in total. The van der Waals surface area contributed by atoms with E-state index in [1.165, 1.54) is 34.7 Å². The number of anilines is 1. The number of hydrogen-bond acceptors (Lipinski definition) is 3. The van der Waals surface area contributed by atoms with Crippen molar-refractivity contribution in [3.63, 3.8) is 0 Å². The van der Waals surface area contributed by atoms with Crippen molar-refractivity contribution in [3.05, 3.63) is 106 Å². The van der Waals surface area contributed by atoms with Gasteiger partial charge in [0.2, 0.25) is 0 Å². The molecule has 2 amide bonds. The molecule has 0 aliphatic carbocycles. The second-order valence-corrected chi connectivity index (χ2v) is 8.73. The lowest BCUT2D eigenvalue weighted by Crippen LogP contribution is -2.34. The van der Waals surface area contributed by atoms with Gasteiger partial charge in [-0.25, -0.2) is 4.39 Å². The first-order valence-corrected chi connectivity index (χ1v) is 11.2. The first-order chi connectivity index (χ1) is 15.8. The highest BCUT2D eigenvalue weighted by Crippen LogP contribution is 2.31. The third-order valence-corrected chi connectivity index (χ3v) is 5.94. The van der Waals surface area contributed by atoms with Crippen LogP contribution in [0.3, 0.4) is 0 Å². The summed E-state index contributed by atoms with van der Waals surface area (Å²) in [6, 6.07) is 20.7. The molecule has 1 aliphatic rings. The van der Waals surface area contributed by atoms with Crippen LogP contribution in [0.1, 0.15) is 36.5 Å². The Balaban J connectivity index is 1.63. The number of rotatable bonds is 7. The fraction of sp³-hybridized carbons (Fsp3) is 0.185. The summed E-state index contributed by atoms with van der Waals surface area (Å²) in [5.41, 5.74) is 3.77. The van der Waals surface area contributed by atoms with E-state index in [0.717, 1.165) is 5.56 Å². The van der Waals surface area contributed by atoms with Gasteiger partial charge in [0.1, 0.15) is 11.5 Å². The van der Waals surface area contributed by atoms with Gasteiger partial charge >= 0.3 is 0 Å². The zero-order chi connectivity index (χ0) is 23.5. The van der Waals surface area contributed by atoms with E-state index in [1.54, 1.807) is 12.1 Å². The monoisotopic (exact) mass is 462 g/mol. The molecule has 0 atom stereocenters. The molecule has 1 heterocycles. The standard InChI is InChI=1S/C27H24ClFN2O2/c1-17(2)19-7-13-23(14-8-19)30-25-24(20-5-11-22(29)12-6-20)26(32)31(27(25)33)16-15-18-3-9-21(28)10-4-18/h3-14,17,30H,15-16H2,1-2H3. The van der Waals surface area contributed by atoms with Crippen LogP contribution in [0, 0.1) is 5.82 Å². The Morgan fingerprint density at radius 3 is 2.12 bits per heavy atom. The maximum Gasteiger partial charge on any atom is 0.278 e. The van der Waals surface area contributed by atoms with E-state index in [4.69, 9.17) is 11.6 Å². The number of benzene rings is 3. The largest absolute Gasteiger partial charge is 0.350 e. The number of carbonyl (C=O) groups is 2. The van der Waals surface area contributed by atoms with Crippen molar-refractivity contribution in [1.82, 2.24) is 4.90 Å². The van der Waals surface area contributed by atoms with Gasteiger partial charge in [-0.3, -0.25) is 14.5 Å². The third kappa shape index (κ3) is 4.99. The van der Waals surface area contributed by atoms with E-state index < -0.39 is 17.6 Å². The van der Waals surface area contributed by atoms with Crippen LogP contribution in [0.25, 0.3) is 5.57 Å². The van der Waals surface area contributed by atoms with Crippen molar-refractivity contribution in [1.29, 1.82) is 0 Å². The smallest absolute Gasteiger partial charge is 0.278 e. The van der Waals surface area contributed by atoms with Gasteiger partial charge in [0, 0.05) is 17.3 Å². The summed E-state index contributed by atoms with van der Waals surface area (Å²) >= 11 is 5.95. The Morgan fingerprint density at radius 2 is 1.52 bits per heavy atom. The Kier molecular flexibility index (Phi) is 6.61. The molecule has 6 heteroatoms. The summed E-state index contributed by atoms with van der Waals surface area (Å²) in [6.45, 7) is 4.44. The minimum atomic E-state index is -0.408. The molecule has 0 unspecified atom stereocenters. The predicted octanol–water partition coefficient (Wildman–Crippen LogP) is 6.04. The molecule has 168 valence electrons. The van der Waals surface area contributed by atoms with Crippen LogP contribution in [0.2, 0.25) is 5.02 Å². The molecule has 33 heavy (non-hydrogen) atoms. The molecule has 0 bridgehead atoms. The maximum atomic E-state index is 13.5. The minimum absolute atomic E-state index is 0.194. The van der Waals surface area contributed by atoms with Crippen LogP contribution in [0.4, 0.5) is 10.1 Å². The Bertz CT molecular complexity index is 1200. The van der Waals surface area contributed by atoms with Gasteiger partial charge in [0.15, 0.2) is 0 Å². The molecular formula is C27H24ClFN2O2. The second-order valence-electron chi connectivity index (χ2n) is 8.30. The summed E-state index contributed by atoms with van der Waals surface area (Å²) in [6.07, 6.45) is 0.502. The number of hydrogen-bond donors (Lipinski definition) is 1. The lowest BCUT2D eigenvalue weighted by molar-refractivity contribution is -0.136. The van der Waals surface area contributed by atoms with Crippen molar-refractivity contribution < 1.29 is 14.0 Å². The Morgan fingerprint density at radius 1 is 0.879 bits per heavy atom. The molecule has 0 spiro atoms. The van der Waals surface area contributed by atoms with Gasteiger partial charge in [-0.2, -0.15) is 0 Å². The lowest BCUT2D eigenvalue weighted by Gasteiger charge is -2.15. The average Bonchev–Trinajstić information content (AvgIpc) is 3.03. The topological polar surface area (TPSA) is 49.4 Å². The molecule has 0 aromatic heterocycles. The van der Waals surface area contributed by atoms with E-state index in [1.807, 2.05) is 36.4 Å². The molecule has 0 saturated carbocycles. The SMILES string of the molecule is CC(C)c1ccc(NC2=C(c3ccc(F)cc3)C(=O)N(CCc3ccc(Cl)cc3)C2=O)cc1. The summed E-state index contributed by atoms with van der Waals surface area (Å²) in [7, 11) is 0. The third-order valence-electron chi connectivity index (χ3n) is 5.68. The highest BCUT2D eigenvalue weighted by molar-refractivity contribution is 6.36. The summed E-state index contributed by atoms with van der Waals surface area (Å²) < 4.78 is 13.5. The van der Waals surface area contributed by atoms with E-state index in [2.05, 4.69) is 19.2 Å². The highest BCUT2D eigenvalue weighted by atomic mass is 35.5. The van der Waals surface area contributed by atoms with Gasteiger partial charge in [-0.15, -0.1) is 0 Å². The first-order valence-electron chi connectivity index (χ1n) is 10.8. The van der Waals surface area contributed by atoms with E-state index >= 15 is 0 Å². The molecule has 0 radical (unpaired) electrons. The second kappa shape index (κ2) is 9.59. The van der Waals surface area contributed by atoms with Crippen molar-refractivity contribution in [2.45, 2.75) is 26.2 Å².